The molecule has 12 rings (SSSR count). The first-order valence-electron chi connectivity index (χ1n) is 19.5. The molecule has 0 atom stereocenters. The van der Waals surface area contributed by atoms with Crippen LogP contribution in [-0.4, -0.2) is 19.5 Å². The van der Waals surface area contributed by atoms with Crippen molar-refractivity contribution in [1.29, 1.82) is 0 Å². The molecule has 0 fully saturated rings. The molecule has 8 aromatic carbocycles. The summed E-state index contributed by atoms with van der Waals surface area (Å²) in [6.45, 7) is 0. The summed E-state index contributed by atoms with van der Waals surface area (Å²) in [5.41, 5.74) is 12.4. The maximum Gasteiger partial charge on any atom is 0.160 e. The first-order valence-corrected chi connectivity index (χ1v) is 20.3. The lowest BCUT2D eigenvalue weighted by atomic mass is 9.94. The summed E-state index contributed by atoms with van der Waals surface area (Å²) in [6, 6.07) is 67.0. The van der Waals surface area contributed by atoms with Gasteiger partial charge in [-0.1, -0.05) is 121 Å². The van der Waals surface area contributed by atoms with Crippen LogP contribution < -0.4 is 0 Å². The number of hydrogen-bond donors (Lipinski definition) is 0. The lowest BCUT2D eigenvalue weighted by Crippen LogP contribution is -1.98. The molecule has 5 heteroatoms. The highest BCUT2D eigenvalue weighted by Gasteiger charge is 2.22. The summed E-state index contributed by atoms with van der Waals surface area (Å²) >= 11 is 1.89. The fourth-order valence-electron chi connectivity index (χ4n) is 8.81. The number of para-hydroxylation sites is 1. The van der Waals surface area contributed by atoms with E-state index in [1.54, 1.807) is 0 Å². The second kappa shape index (κ2) is 13.1. The lowest BCUT2D eigenvalue weighted by Gasteiger charge is -2.14. The van der Waals surface area contributed by atoms with E-state index in [1.807, 2.05) is 29.7 Å². The first kappa shape index (κ1) is 32.7. The van der Waals surface area contributed by atoms with E-state index in [0.29, 0.717) is 5.82 Å². The molecule has 0 spiro atoms. The van der Waals surface area contributed by atoms with Gasteiger partial charge >= 0.3 is 0 Å². The molecular weight excluding hydrogens is 725 g/mol. The van der Waals surface area contributed by atoms with E-state index in [0.717, 1.165) is 55.8 Å². The molecule has 0 unspecified atom stereocenters. The molecule has 0 bridgehead atoms. The Morgan fingerprint density at radius 3 is 1.79 bits per heavy atom. The third kappa shape index (κ3) is 5.11. The Bertz CT molecular complexity index is 3490. The molecular formula is C53H32N4S. The van der Waals surface area contributed by atoms with Crippen molar-refractivity contribution in [2.75, 3.05) is 0 Å². The van der Waals surface area contributed by atoms with Gasteiger partial charge in [-0.3, -0.25) is 4.98 Å². The van der Waals surface area contributed by atoms with Crippen molar-refractivity contribution in [1.82, 2.24) is 19.5 Å². The van der Waals surface area contributed by atoms with E-state index >= 15 is 0 Å². The SMILES string of the molecule is c1ccc(-c2cc(-c3ccccc3)cc(-c3nc(-c4ccc(-n5c6ccccc6c6c7sc8ccccc8c7c7ccccc7c65)cc4)nc4cccnc34)c2)cc1. The molecule has 0 aliphatic carbocycles. The van der Waals surface area contributed by atoms with Gasteiger partial charge in [-0.25, -0.2) is 9.97 Å². The minimum absolute atomic E-state index is 0.660. The van der Waals surface area contributed by atoms with Gasteiger partial charge in [-0.2, -0.15) is 0 Å². The van der Waals surface area contributed by atoms with Crippen LogP contribution in [0.3, 0.4) is 0 Å². The van der Waals surface area contributed by atoms with Gasteiger partial charge in [0.25, 0.3) is 0 Å². The van der Waals surface area contributed by atoms with Crippen LogP contribution >= 0.6 is 11.3 Å². The van der Waals surface area contributed by atoms with Crippen molar-refractivity contribution >= 4 is 75.1 Å². The Morgan fingerprint density at radius 2 is 1.05 bits per heavy atom. The normalized spacial score (nSPS) is 11.8. The largest absolute Gasteiger partial charge is 0.309 e. The number of fused-ring (bicyclic) bond motifs is 11. The number of thiophene rings is 1. The molecule has 4 aromatic heterocycles. The van der Waals surface area contributed by atoms with Gasteiger partial charge in [0.05, 0.1) is 16.6 Å². The zero-order valence-electron chi connectivity index (χ0n) is 31.2. The van der Waals surface area contributed by atoms with Crippen molar-refractivity contribution in [3.63, 3.8) is 0 Å². The summed E-state index contributed by atoms with van der Waals surface area (Å²) in [7, 11) is 0. The van der Waals surface area contributed by atoms with Crippen molar-refractivity contribution in [2.45, 2.75) is 0 Å². The molecule has 4 heterocycles. The minimum Gasteiger partial charge on any atom is -0.309 e. The van der Waals surface area contributed by atoms with Crippen molar-refractivity contribution in [2.24, 2.45) is 0 Å². The highest BCUT2D eigenvalue weighted by molar-refractivity contribution is 7.27. The van der Waals surface area contributed by atoms with Gasteiger partial charge in [-0.05, 0) is 94.4 Å². The zero-order chi connectivity index (χ0) is 38.2. The van der Waals surface area contributed by atoms with Crippen LogP contribution in [0.2, 0.25) is 0 Å². The van der Waals surface area contributed by atoms with Gasteiger partial charge in [0.15, 0.2) is 5.82 Å². The molecule has 0 N–H and O–H groups in total. The van der Waals surface area contributed by atoms with Crippen LogP contribution in [-0.2, 0) is 0 Å². The summed E-state index contributed by atoms with van der Waals surface area (Å²) in [5.74, 6) is 0.660. The van der Waals surface area contributed by atoms with Crippen LogP contribution in [0.25, 0.3) is 114 Å². The Kier molecular flexibility index (Phi) is 7.37. The molecule has 4 nitrogen and oxygen atoms in total. The number of aromatic nitrogens is 4. The summed E-state index contributed by atoms with van der Waals surface area (Å²) in [6.07, 6.45) is 1.82. The minimum atomic E-state index is 0.660. The Labute approximate surface area is 338 Å². The van der Waals surface area contributed by atoms with Gasteiger partial charge in [0, 0.05) is 59.3 Å². The fraction of sp³-hybridized carbons (Fsp3) is 0. The van der Waals surface area contributed by atoms with Crippen LogP contribution in [0.4, 0.5) is 0 Å². The molecule has 12 aromatic rings. The van der Waals surface area contributed by atoms with E-state index in [1.165, 1.54) is 52.8 Å². The van der Waals surface area contributed by atoms with Crippen LogP contribution in [0.15, 0.2) is 194 Å². The summed E-state index contributed by atoms with van der Waals surface area (Å²) < 4.78 is 5.08. The van der Waals surface area contributed by atoms with Gasteiger partial charge in [-0.15, -0.1) is 11.3 Å². The monoisotopic (exact) mass is 756 g/mol. The van der Waals surface area contributed by atoms with E-state index < -0.39 is 0 Å². The predicted molar refractivity (Wildman–Crippen MR) is 244 cm³/mol. The molecule has 270 valence electrons. The standard InChI is InChI=1S/C53H32N4S/c1-3-14-33(15-4-1)36-30-37(34-16-5-2-6-17-34)32-38(31-36)49-50-44(22-13-29-54-50)55-53(56-49)35-25-27-39(28-26-35)57-45-23-11-9-20-42(45)48-51(57)41-19-8-7-18-40(41)47-43-21-10-12-24-46(43)58-52(47)48/h1-32H. The predicted octanol–water partition coefficient (Wildman–Crippen LogP) is 14.3. The highest BCUT2D eigenvalue weighted by atomic mass is 32.1. The van der Waals surface area contributed by atoms with Crippen LogP contribution in [0.1, 0.15) is 0 Å². The number of benzene rings is 8. The number of nitrogens with zero attached hydrogens (tertiary/aromatic N) is 4. The molecule has 0 amide bonds. The molecule has 58 heavy (non-hydrogen) atoms. The fourth-order valence-corrected chi connectivity index (χ4v) is 10.1. The second-order valence-corrected chi connectivity index (χ2v) is 15.8. The molecule has 0 saturated carbocycles. The van der Waals surface area contributed by atoms with Crippen molar-refractivity contribution in [3.8, 4) is 50.6 Å². The quantitative estimate of drug-likeness (QED) is 0.176. The van der Waals surface area contributed by atoms with Gasteiger partial charge in [0.1, 0.15) is 11.2 Å². The summed E-state index contributed by atoms with van der Waals surface area (Å²) in [5, 5.41) is 7.74. The van der Waals surface area contributed by atoms with E-state index in [4.69, 9.17) is 15.0 Å². The van der Waals surface area contributed by atoms with Crippen molar-refractivity contribution in [3.05, 3.63) is 194 Å². The Balaban J connectivity index is 1.05. The van der Waals surface area contributed by atoms with E-state index in [2.05, 4.69) is 180 Å². The third-order valence-corrected chi connectivity index (χ3v) is 12.6. The van der Waals surface area contributed by atoms with Crippen LogP contribution in [0.5, 0.6) is 0 Å². The highest BCUT2D eigenvalue weighted by Crippen LogP contribution is 2.48. The maximum atomic E-state index is 5.32. The topological polar surface area (TPSA) is 43.6 Å². The molecule has 0 aliphatic rings. The second-order valence-electron chi connectivity index (χ2n) is 14.8. The zero-order valence-corrected chi connectivity index (χ0v) is 32.0. The van der Waals surface area contributed by atoms with Crippen LogP contribution in [0, 0.1) is 0 Å². The summed E-state index contributed by atoms with van der Waals surface area (Å²) in [4.78, 5) is 15.3. The Hall–Kier alpha value is -7.47. The first-order chi connectivity index (χ1) is 28.8. The maximum absolute atomic E-state index is 5.32. The smallest absolute Gasteiger partial charge is 0.160 e. The number of hydrogen-bond acceptors (Lipinski definition) is 4. The molecule has 0 saturated heterocycles. The lowest BCUT2D eigenvalue weighted by molar-refractivity contribution is 1.18. The van der Waals surface area contributed by atoms with Crippen molar-refractivity contribution < 1.29 is 0 Å². The average molecular weight is 757 g/mol. The number of pyridine rings is 1. The Morgan fingerprint density at radius 1 is 0.431 bits per heavy atom. The molecule has 0 radical (unpaired) electrons. The molecule has 0 aliphatic heterocycles. The average Bonchev–Trinajstić information content (AvgIpc) is 3.86. The third-order valence-electron chi connectivity index (χ3n) is 11.4. The van der Waals surface area contributed by atoms with Gasteiger partial charge < -0.3 is 4.57 Å². The number of rotatable bonds is 5. The van der Waals surface area contributed by atoms with E-state index in [-0.39, 0.29) is 0 Å². The van der Waals surface area contributed by atoms with Gasteiger partial charge in [0.2, 0.25) is 0 Å². The van der Waals surface area contributed by atoms with E-state index in [9.17, 15) is 0 Å².